The molecule has 0 bridgehead atoms. The lowest BCUT2D eigenvalue weighted by molar-refractivity contribution is -0.108. The molecule has 276 valence electrons. The van der Waals surface area contributed by atoms with Crippen LogP contribution in [-0.2, 0) is 4.79 Å². The number of nitrogens with zero attached hydrogens (tertiary/aromatic N) is 3. The number of anilines is 1. The minimum Gasteiger partial charge on any atom is -0.382 e. The molecule has 1 saturated carbocycles. The summed E-state index contributed by atoms with van der Waals surface area (Å²) in [7, 11) is 0. The van der Waals surface area contributed by atoms with E-state index in [1.807, 2.05) is 56.4 Å². The summed E-state index contributed by atoms with van der Waals surface area (Å²) >= 11 is 0. The zero-order chi connectivity index (χ0) is 37.6. The van der Waals surface area contributed by atoms with E-state index in [0.29, 0.717) is 35.0 Å². The summed E-state index contributed by atoms with van der Waals surface area (Å²) in [5.41, 5.74) is 11.2. The van der Waals surface area contributed by atoms with Crippen LogP contribution in [0, 0.1) is 29.6 Å². The van der Waals surface area contributed by atoms with Gasteiger partial charge in [0.1, 0.15) is 17.9 Å². The third-order valence-electron chi connectivity index (χ3n) is 9.07. The molecule has 1 fully saturated rings. The van der Waals surface area contributed by atoms with Crippen LogP contribution in [0.25, 0.3) is 5.57 Å². The Kier molecular flexibility index (Phi) is 21.3. The topological polar surface area (TPSA) is 101 Å². The molecule has 1 aliphatic carbocycles. The fourth-order valence-electron chi connectivity index (χ4n) is 5.08. The van der Waals surface area contributed by atoms with Crippen LogP contribution >= 0.6 is 0 Å². The standard InChI is InChI=1S/C32H43N5O.C5H12.C4H6O.C2H6/c1-7-12-27(21-22(4)8-2)24(6)37-20-19-35-31(33)30(37)29(23(5)9-3)25-14-16-26(17-15-25)32(38)36-28-13-10-11-18-34-28;1-4-5(2)3;5-3-4-1-2-4;1-2/h10-11,13-20,22-23,27H,6-9,12,21H2,1-5H3,(H2,33,35)(H,34,36,38);5H,4H2,1-3H3;3-4H,1-2H2;1-2H3/b30-29+;;;. The van der Waals surface area contributed by atoms with Crippen molar-refractivity contribution in [3.8, 4) is 0 Å². The van der Waals surface area contributed by atoms with Gasteiger partial charge in [-0.05, 0) is 91.2 Å². The number of rotatable bonds is 14. The van der Waals surface area contributed by atoms with Gasteiger partial charge in [0.25, 0.3) is 5.91 Å². The summed E-state index contributed by atoms with van der Waals surface area (Å²) in [6, 6.07) is 13.1. The molecule has 50 heavy (non-hydrogen) atoms. The predicted octanol–water partition coefficient (Wildman–Crippen LogP) is 11.3. The first-order valence-electron chi connectivity index (χ1n) is 19.0. The minimum atomic E-state index is -0.197. The number of aromatic nitrogens is 1. The quantitative estimate of drug-likeness (QED) is 0.193. The molecular formula is C43H67N5O2. The number of nitrogens with one attached hydrogen (secondary N) is 1. The average molecular weight is 686 g/mol. The van der Waals surface area contributed by atoms with Gasteiger partial charge in [0.2, 0.25) is 0 Å². The van der Waals surface area contributed by atoms with Crippen LogP contribution in [0.2, 0.25) is 0 Å². The van der Waals surface area contributed by atoms with Gasteiger partial charge in [0, 0.05) is 35.8 Å². The molecule has 1 aromatic heterocycles. The van der Waals surface area contributed by atoms with E-state index in [1.165, 1.54) is 6.42 Å². The molecule has 7 nitrogen and oxygen atoms in total. The van der Waals surface area contributed by atoms with Gasteiger partial charge in [-0.1, -0.05) is 113 Å². The summed E-state index contributed by atoms with van der Waals surface area (Å²) in [5, 5.41) is 2.85. The highest BCUT2D eigenvalue weighted by atomic mass is 16.1. The third-order valence-corrected chi connectivity index (χ3v) is 9.07. The summed E-state index contributed by atoms with van der Waals surface area (Å²) in [6.07, 6.45) is 15.4. The zero-order valence-electron chi connectivity index (χ0n) is 32.8. The Labute approximate surface area is 304 Å². The lowest BCUT2D eigenvalue weighted by atomic mass is 9.86. The zero-order valence-corrected chi connectivity index (χ0v) is 32.8. The van der Waals surface area contributed by atoms with Crippen molar-refractivity contribution in [1.29, 1.82) is 0 Å². The van der Waals surface area contributed by atoms with E-state index in [-0.39, 0.29) is 11.8 Å². The van der Waals surface area contributed by atoms with Crippen LogP contribution in [0.4, 0.5) is 5.82 Å². The molecule has 2 heterocycles. The smallest absolute Gasteiger partial charge is 0.256 e. The molecule has 3 N–H and O–H groups in total. The number of benzene rings is 1. The van der Waals surface area contributed by atoms with Crippen molar-refractivity contribution in [2.24, 2.45) is 40.3 Å². The van der Waals surface area contributed by atoms with Crippen LogP contribution in [0.3, 0.4) is 0 Å². The largest absolute Gasteiger partial charge is 0.382 e. The maximum absolute atomic E-state index is 12.8. The number of amidine groups is 1. The number of allylic oxidation sites excluding steroid dienone is 2. The Hall–Kier alpha value is -4.00. The number of pyridine rings is 1. The summed E-state index contributed by atoms with van der Waals surface area (Å²) < 4.78 is 0. The fourth-order valence-corrected chi connectivity index (χ4v) is 5.08. The molecule has 0 spiro atoms. The van der Waals surface area contributed by atoms with E-state index in [4.69, 9.17) is 5.73 Å². The minimum absolute atomic E-state index is 0.197. The van der Waals surface area contributed by atoms with Crippen molar-refractivity contribution < 1.29 is 9.59 Å². The molecule has 7 heteroatoms. The van der Waals surface area contributed by atoms with Gasteiger partial charge in [0.05, 0.1) is 5.70 Å². The lowest BCUT2D eigenvalue weighted by Crippen LogP contribution is -2.34. The number of hydrogen-bond acceptors (Lipinski definition) is 6. The van der Waals surface area contributed by atoms with E-state index in [9.17, 15) is 9.59 Å². The highest BCUT2D eigenvalue weighted by Crippen LogP contribution is 2.37. The lowest BCUT2D eigenvalue weighted by Gasteiger charge is -2.35. The maximum atomic E-state index is 12.8. The van der Waals surface area contributed by atoms with Gasteiger partial charge in [-0.25, -0.2) is 9.98 Å². The number of aldehydes is 1. The molecule has 1 aliphatic heterocycles. The molecule has 0 saturated heterocycles. The number of hydrogen-bond donors (Lipinski definition) is 2. The van der Waals surface area contributed by atoms with Crippen molar-refractivity contribution in [2.45, 2.75) is 121 Å². The monoisotopic (exact) mass is 686 g/mol. The van der Waals surface area contributed by atoms with E-state index >= 15 is 0 Å². The van der Waals surface area contributed by atoms with Crippen LogP contribution in [0.1, 0.15) is 137 Å². The molecular weight excluding hydrogens is 619 g/mol. The number of carbonyl (C=O) groups excluding carboxylic acids is 2. The van der Waals surface area contributed by atoms with Gasteiger partial charge in [-0.15, -0.1) is 0 Å². The molecule has 1 amide bonds. The number of carbonyl (C=O) groups is 2. The number of amides is 1. The van der Waals surface area contributed by atoms with Gasteiger partial charge in [0.15, 0.2) is 0 Å². The van der Waals surface area contributed by atoms with Gasteiger partial charge in [-0.2, -0.15) is 0 Å². The Balaban J connectivity index is 0.000000889. The Morgan fingerprint density at radius 3 is 2.06 bits per heavy atom. The first-order chi connectivity index (χ1) is 24.0. The first-order valence-corrected chi connectivity index (χ1v) is 19.0. The second kappa shape index (κ2) is 24.2. The van der Waals surface area contributed by atoms with Crippen molar-refractivity contribution in [3.63, 3.8) is 0 Å². The molecule has 3 unspecified atom stereocenters. The highest BCUT2D eigenvalue weighted by molar-refractivity contribution is 6.06. The summed E-state index contributed by atoms with van der Waals surface area (Å²) in [4.78, 5) is 33.2. The van der Waals surface area contributed by atoms with Crippen molar-refractivity contribution in [3.05, 3.63) is 90.2 Å². The first kappa shape index (κ1) is 44.0. The normalized spacial score (nSPS) is 16.1. The predicted molar refractivity (Wildman–Crippen MR) is 214 cm³/mol. The molecule has 3 atom stereocenters. The molecule has 2 aromatic rings. The summed E-state index contributed by atoms with van der Waals surface area (Å²) in [5.74, 6) is 3.34. The molecule has 4 rings (SSSR count). The van der Waals surface area contributed by atoms with E-state index in [0.717, 1.165) is 79.7 Å². The molecule has 1 aromatic carbocycles. The van der Waals surface area contributed by atoms with Crippen molar-refractivity contribution in [1.82, 2.24) is 9.88 Å². The Morgan fingerprint density at radius 1 is 0.980 bits per heavy atom. The van der Waals surface area contributed by atoms with Gasteiger partial charge in [-0.3, -0.25) is 4.79 Å². The average Bonchev–Trinajstić information content (AvgIpc) is 3.99. The SMILES string of the molecule is C=C(C(CCC)CC(C)CC)N1C=CN=C(N)/C1=C(\c1ccc(C(=O)Nc2ccccn2)cc1)C(C)CC.CC.CCC(C)C.O=CC1CC1. The molecule has 0 radical (unpaired) electrons. The van der Waals surface area contributed by atoms with Crippen LogP contribution in [0.5, 0.6) is 0 Å². The second-order valence-corrected chi connectivity index (χ2v) is 13.5. The van der Waals surface area contributed by atoms with Gasteiger partial charge < -0.3 is 20.7 Å². The second-order valence-electron chi connectivity index (χ2n) is 13.5. The van der Waals surface area contributed by atoms with Gasteiger partial charge >= 0.3 is 0 Å². The molecule has 2 aliphatic rings. The Morgan fingerprint density at radius 2 is 1.60 bits per heavy atom. The van der Waals surface area contributed by atoms with Crippen LogP contribution in [0.15, 0.2) is 84.0 Å². The maximum Gasteiger partial charge on any atom is 0.256 e. The number of aliphatic imine (C=N–C) groups is 1. The van der Waals surface area contributed by atoms with Crippen molar-refractivity contribution >= 4 is 29.4 Å². The van der Waals surface area contributed by atoms with Crippen LogP contribution in [-0.4, -0.2) is 27.9 Å². The summed E-state index contributed by atoms with van der Waals surface area (Å²) in [6.45, 7) is 26.4. The van der Waals surface area contributed by atoms with E-state index in [2.05, 4.69) is 82.2 Å². The van der Waals surface area contributed by atoms with E-state index < -0.39 is 0 Å². The van der Waals surface area contributed by atoms with E-state index in [1.54, 1.807) is 18.5 Å². The Bertz CT molecular complexity index is 1370. The fraction of sp³-hybridized carbons (Fsp3) is 0.535. The van der Waals surface area contributed by atoms with Crippen molar-refractivity contribution in [2.75, 3.05) is 5.32 Å². The highest BCUT2D eigenvalue weighted by Gasteiger charge is 2.28. The third kappa shape index (κ3) is 14.9. The number of nitrogens with two attached hydrogens (primary N) is 1. The van der Waals surface area contributed by atoms with Crippen LogP contribution < -0.4 is 11.1 Å².